The molecule has 6 nitrogen and oxygen atoms in total. The molecule has 3 aromatic heterocycles. The van der Waals surface area contributed by atoms with Crippen LogP contribution in [0.5, 0.6) is 0 Å². The van der Waals surface area contributed by atoms with E-state index in [0.29, 0.717) is 18.1 Å². The van der Waals surface area contributed by atoms with Crippen LogP contribution < -0.4 is 5.32 Å². The number of nitrogens with one attached hydrogen (secondary N) is 1. The van der Waals surface area contributed by atoms with Crippen LogP contribution in [0.25, 0.3) is 11.5 Å². The van der Waals surface area contributed by atoms with Crippen LogP contribution in [0.2, 0.25) is 0 Å². The first-order valence-corrected chi connectivity index (χ1v) is 7.00. The molecule has 0 aliphatic carbocycles. The minimum atomic E-state index is -0.257. The highest BCUT2D eigenvalue weighted by molar-refractivity contribution is 5.92. The van der Waals surface area contributed by atoms with Gasteiger partial charge in [-0.2, -0.15) is 0 Å². The van der Waals surface area contributed by atoms with E-state index in [-0.39, 0.29) is 11.6 Å². The number of amides is 1. The van der Waals surface area contributed by atoms with Gasteiger partial charge in [0.15, 0.2) is 11.5 Å². The zero-order valence-corrected chi connectivity index (χ0v) is 11.9. The first kappa shape index (κ1) is 14.1. The van der Waals surface area contributed by atoms with Gasteiger partial charge in [-0.05, 0) is 36.6 Å². The molecule has 0 saturated carbocycles. The van der Waals surface area contributed by atoms with E-state index >= 15 is 0 Å². The zero-order chi connectivity index (χ0) is 15.2. The molecule has 112 valence electrons. The topological polar surface area (TPSA) is 81.2 Å². The van der Waals surface area contributed by atoms with Gasteiger partial charge in [0.2, 0.25) is 5.76 Å². The van der Waals surface area contributed by atoms with Gasteiger partial charge in [-0.1, -0.05) is 11.2 Å². The summed E-state index contributed by atoms with van der Waals surface area (Å²) in [6.07, 6.45) is 6.81. The fourth-order valence-corrected chi connectivity index (χ4v) is 2.05. The van der Waals surface area contributed by atoms with Gasteiger partial charge in [0.25, 0.3) is 5.91 Å². The highest BCUT2D eigenvalue weighted by Crippen LogP contribution is 2.20. The van der Waals surface area contributed by atoms with Crippen LogP contribution in [-0.2, 0) is 6.42 Å². The van der Waals surface area contributed by atoms with Gasteiger partial charge < -0.3 is 14.3 Å². The van der Waals surface area contributed by atoms with Gasteiger partial charge in [-0.15, -0.1) is 0 Å². The van der Waals surface area contributed by atoms with E-state index in [1.165, 1.54) is 6.26 Å². The summed E-state index contributed by atoms with van der Waals surface area (Å²) in [5.74, 6) is 0.724. The second-order valence-corrected chi connectivity index (χ2v) is 4.77. The molecule has 3 heterocycles. The number of carbonyl (C=O) groups excluding carboxylic acids is 1. The molecule has 0 aromatic carbocycles. The van der Waals surface area contributed by atoms with Gasteiger partial charge in [-0.25, -0.2) is 0 Å². The van der Waals surface area contributed by atoms with Crippen LogP contribution in [-0.4, -0.2) is 22.6 Å². The van der Waals surface area contributed by atoms with E-state index < -0.39 is 0 Å². The van der Waals surface area contributed by atoms with Crippen LogP contribution >= 0.6 is 0 Å². The average Bonchev–Trinajstić information content (AvgIpc) is 3.22. The first-order chi connectivity index (χ1) is 10.8. The van der Waals surface area contributed by atoms with Gasteiger partial charge in [0, 0.05) is 25.0 Å². The van der Waals surface area contributed by atoms with Crippen LogP contribution in [0.3, 0.4) is 0 Å². The van der Waals surface area contributed by atoms with E-state index in [0.717, 1.165) is 18.4 Å². The molecule has 0 aliphatic heterocycles. The van der Waals surface area contributed by atoms with E-state index in [1.807, 2.05) is 18.3 Å². The van der Waals surface area contributed by atoms with Gasteiger partial charge >= 0.3 is 0 Å². The molecule has 1 amide bonds. The summed E-state index contributed by atoms with van der Waals surface area (Å²) in [5.41, 5.74) is 1.39. The number of rotatable bonds is 6. The SMILES string of the molecule is O=C(NCCCc1cccnc1)c1cc(-c2ccco2)on1. The summed E-state index contributed by atoms with van der Waals surface area (Å²) in [5, 5.41) is 6.57. The van der Waals surface area contributed by atoms with Crippen LogP contribution in [0.15, 0.2) is 57.9 Å². The Bertz CT molecular complexity index is 720. The number of hydrogen-bond donors (Lipinski definition) is 1. The number of nitrogens with zero attached hydrogens (tertiary/aromatic N) is 2. The minimum absolute atomic E-state index is 0.243. The number of pyridine rings is 1. The Hall–Kier alpha value is -2.89. The third-order valence-corrected chi connectivity index (χ3v) is 3.16. The Kier molecular flexibility index (Phi) is 4.29. The van der Waals surface area contributed by atoms with Gasteiger partial charge in [0.1, 0.15) is 0 Å². The molecular formula is C16H15N3O3. The summed E-state index contributed by atoms with van der Waals surface area (Å²) < 4.78 is 10.3. The number of aromatic nitrogens is 2. The Morgan fingerprint density at radius 3 is 2.95 bits per heavy atom. The summed E-state index contributed by atoms with van der Waals surface area (Å²) in [7, 11) is 0. The molecule has 0 fully saturated rings. The lowest BCUT2D eigenvalue weighted by Gasteiger charge is -2.02. The monoisotopic (exact) mass is 297 g/mol. The van der Waals surface area contributed by atoms with Gasteiger partial charge in [0.05, 0.1) is 6.26 Å². The third-order valence-electron chi connectivity index (χ3n) is 3.16. The summed E-state index contributed by atoms with van der Waals surface area (Å²) in [6.45, 7) is 0.566. The predicted octanol–water partition coefficient (Wildman–Crippen LogP) is 2.69. The van der Waals surface area contributed by atoms with Crippen LogP contribution in [0.1, 0.15) is 22.5 Å². The molecule has 3 aromatic rings. The van der Waals surface area contributed by atoms with Crippen molar-refractivity contribution >= 4 is 5.91 Å². The van der Waals surface area contributed by atoms with Gasteiger partial charge in [-0.3, -0.25) is 9.78 Å². The average molecular weight is 297 g/mol. The van der Waals surface area contributed by atoms with Crippen molar-refractivity contribution in [1.29, 1.82) is 0 Å². The summed E-state index contributed by atoms with van der Waals surface area (Å²) >= 11 is 0. The van der Waals surface area contributed by atoms with E-state index in [9.17, 15) is 4.79 Å². The molecule has 0 aliphatic rings. The van der Waals surface area contributed by atoms with Crippen molar-refractivity contribution in [1.82, 2.24) is 15.5 Å². The Morgan fingerprint density at radius 1 is 1.23 bits per heavy atom. The Labute approximate surface area is 127 Å². The fourth-order valence-electron chi connectivity index (χ4n) is 2.05. The van der Waals surface area contributed by atoms with Crippen molar-refractivity contribution in [2.75, 3.05) is 6.54 Å². The Balaban J connectivity index is 1.48. The van der Waals surface area contributed by atoms with Crippen molar-refractivity contribution in [2.45, 2.75) is 12.8 Å². The molecule has 1 N–H and O–H groups in total. The van der Waals surface area contributed by atoms with Crippen molar-refractivity contribution in [3.63, 3.8) is 0 Å². The second-order valence-electron chi connectivity index (χ2n) is 4.77. The predicted molar refractivity (Wildman–Crippen MR) is 79.1 cm³/mol. The van der Waals surface area contributed by atoms with Crippen molar-refractivity contribution in [3.05, 3.63) is 60.2 Å². The molecule has 22 heavy (non-hydrogen) atoms. The molecule has 0 bridgehead atoms. The highest BCUT2D eigenvalue weighted by atomic mass is 16.5. The molecule has 0 saturated heterocycles. The minimum Gasteiger partial charge on any atom is -0.461 e. The lowest BCUT2D eigenvalue weighted by molar-refractivity contribution is 0.0944. The van der Waals surface area contributed by atoms with E-state index in [4.69, 9.17) is 8.94 Å². The molecule has 0 radical (unpaired) electrons. The van der Waals surface area contributed by atoms with Crippen LogP contribution in [0, 0.1) is 0 Å². The summed E-state index contributed by atoms with van der Waals surface area (Å²) in [6, 6.07) is 8.98. The molecule has 6 heteroatoms. The van der Waals surface area contributed by atoms with E-state index in [1.54, 1.807) is 24.4 Å². The lowest BCUT2D eigenvalue weighted by atomic mass is 10.1. The maximum atomic E-state index is 12.0. The Morgan fingerprint density at radius 2 is 2.18 bits per heavy atom. The maximum absolute atomic E-state index is 12.0. The number of furan rings is 1. The summed E-state index contributed by atoms with van der Waals surface area (Å²) in [4.78, 5) is 16.0. The molecular weight excluding hydrogens is 282 g/mol. The quantitative estimate of drug-likeness (QED) is 0.707. The lowest BCUT2D eigenvalue weighted by Crippen LogP contribution is -2.25. The van der Waals surface area contributed by atoms with Crippen molar-refractivity contribution in [2.24, 2.45) is 0 Å². The molecule has 0 spiro atoms. The fraction of sp³-hybridized carbons (Fsp3) is 0.188. The third kappa shape index (κ3) is 3.41. The standard InChI is InChI=1S/C16H15N3O3/c20-16(18-8-2-5-12-4-1-7-17-11-12)13-10-15(22-19-13)14-6-3-9-21-14/h1,3-4,6-7,9-11H,2,5,8H2,(H,18,20). The maximum Gasteiger partial charge on any atom is 0.273 e. The second kappa shape index (κ2) is 6.71. The normalized spacial score (nSPS) is 10.5. The number of hydrogen-bond acceptors (Lipinski definition) is 5. The molecule has 0 unspecified atom stereocenters. The number of aryl methyl sites for hydroxylation is 1. The largest absolute Gasteiger partial charge is 0.461 e. The molecule has 3 rings (SSSR count). The highest BCUT2D eigenvalue weighted by Gasteiger charge is 2.14. The van der Waals surface area contributed by atoms with Crippen LogP contribution in [0.4, 0.5) is 0 Å². The van der Waals surface area contributed by atoms with Crippen molar-refractivity contribution in [3.8, 4) is 11.5 Å². The molecule has 0 atom stereocenters. The zero-order valence-electron chi connectivity index (χ0n) is 11.9. The smallest absolute Gasteiger partial charge is 0.273 e. The van der Waals surface area contributed by atoms with E-state index in [2.05, 4.69) is 15.5 Å². The first-order valence-electron chi connectivity index (χ1n) is 7.00. The van der Waals surface area contributed by atoms with Crippen molar-refractivity contribution < 1.29 is 13.7 Å². The number of carbonyl (C=O) groups is 1.